The lowest BCUT2D eigenvalue weighted by atomic mass is 10.1. The fourth-order valence-corrected chi connectivity index (χ4v) is 3.94. The maximum atomic E-state index is 12.5. The minimum atomic E-state index is -3.65. The Morgan fingerprint density at radius 3 is 2.44 bits per heavy atom. The number of hydrogen-bond acceptors (Lipinski definition) is 5. The van der Waals surface area contributed by atoms with Crippen LogP contribution in [0.25, 0.3) is 0 Å². The summed E-state index contributed by atoms with van der Waals surface area (Å²) in [4.78, 5) is 14.5. The lowest BCUT2D eigenvalue weighted by Crippen LogP contribution is -2.43. The molecule has 140 valence electrons. The van der Waals surface area contributed by atoms with Crippen LogP contribution in [0.2, 0.25) is 0 Å². The number of likely N-dealkylation sites (tertiary alicyclic amines) is 1. The molecule has 0 spiro atoms. The number of anilines is 1. The molecule has 1 heterocycles. The molecule has 2 rings (SSSR count). The fraction of sp³-hybridized carbons (Fsp3) is 0.588. The van der Waals surface area contributed by atoms with Crippen LogP contribution >= 0.6 is 0 Å². The van der Waals surface area contributed by atoms with Crippen LogP contribution < -0.4 is 10.1 Å². The van der Waals surface area contributed by atoms with E-state index in [-0.39, 0.29) is 16.6 Å². The monoisotopic (exact) mass is 369 g/mol. The van der Waals surface area contributed by atoms with Gasteiger partial charge in [-0.3, -0.25) is 4.79 Å². The average molecular weight is 369 g/mol. The molecule has 0 bridgehead atoms. The van der Waals surface area contributed by atoms with Crippen molar-refractivity contribution < 1.29 is 17.9 Å². The highest BCUT2D eigenvalue weighted by atomic mass is 32.2. The summed E-state index contributed by atoms with van der Waals surface area (Å²) >= 11 is 0. The first-order valence-corrected chi connectivity index (χ1v) is 9.87. The van der Waals surface area contributed by atoms with Gasteiger partial charge in [0.1, 0.15) is 16.7 Å². The minimum Gasteiger partial charge on any atom is -0.495 e. The number of rotatable bonds is 6. The minimum absolute atomic E-state index is 0.0348. The molecule has 1 aliphatic rings. The normalized spacial score (nSPS) is 16.6. The maximum absolute atomic E-state index is 12.5. The van der Waals surface area contributed by atoms with Crippen LogP contribution in [-0.4, -0.2) is 63.9 Å². The van der Waals surface area contributed by atoms with E-state index in [0.29, 0.717) is 5.69 Å². The van der Waals surface area contributed by atoms with Crippen molar-refractivity contribution in [2.24, 2.45) is 0 Å². The predicted molar refractivity (Wildman–Crippen MR) is 97.4 cm³/mol. The van der Waals surface area contributed by atoms with E-state index in [1.54, 1.807) is 19.1 Å². The van der Waals surface area contributed by atoms with Gasteiger partial charge in [0, 0.05) is 32.9 Å². The van der Waals surface area contributed by atoms with Crippen molar-refractivity contribution in [3.63, 3.8) is 0 Å². The topological polar surface area (TPSA) is 79.0 Å². The SMILES string of the molecule is COc1ccc(NC(C)C(=O)N2CCCCC2)cc1S(=O)(=O)N(C)C. The lowest BCUT2D eigenvalue weighted by Gasteiger charge is -2.30. The van der Waals surface area contributed by atoms with Gasteiger partial charge in [-0.1, -0.05) is 0 Å². The third kappa shape index (κ3) is 4.43. The molecule has 0 aliphatic carbocycles. The Morgan fingerprint density at radius 2 is 1.88 bits per heavy atom. The summed E-state index contributed by atoms with van der Waals surface area (Å²) in [5, 5.41) is 3.11. The van der Waals surface area contributed by atoms with Crippen molar-refractivity contribution in [2.45, 2.75) is 37.1 Å². The molecule has 1 aromatic rings. The van der Waals surface area contributed by atoms with Crippen LogP contribution in [0.4, 0.5) is 5.69 Å². The van der Waals surface area contributed by atoms with Gasteiger partial charge in [-0.05, 0) is 44.4 Å². The van der Waals surface area contributed by atoms with Gasteiger partial charge in [0.25, 0.3) is 0 Å². The summed E-state index contributed by atoms with van der Waals surface area (Å²) in [6.45, 7) is 3.36. The molecule has 0 radical (unpaired) electrons. The van der Waals surface area contributed by atoms with Crippen LogP contribution in [-0.2, 0) is 14.8 Å². The van der Waals surface area contributed by atoms with Gasteiger partial charge < -0.3 is 15.0 Å². The van der Waals surface area contributed by atoms with Crippen molar-refractivity contribution in [3.8, 4) is 5.75 Å². The molecule has 8 heteroatoms. The third-order valence-corrected chi connectivity index (χ3v) is 6.18. The number of nitrogens with zero attached hydrogens (tertiary/aromatic N) is 2. The van der Waals surface area contributed by atoms with Crippen LogP contribution in [0, 0.1) is 0 Å². The zero-order chi connectivity index (χ0) is 18.6. The number of ether oxygens (including phenoxy) is 1. The van der Waals surface area contributed by atoms with Gasteiger partial charge in [-0.2, -0.15) is 0 Å². The Labute approximate surface area is 150 Å². The first kappa shape index (κ1) is 19.5. The molecule has 1 aromatic carbocycles. The van der Waals surface area contributed by atoms with E-state index in [1.807, 2.05) is 4.90 Å². The van der Waals surface area contributed by atoms with Crippen LogP contribution in [0.1, 0.15) is 26.2 Å². The summed E-state index contributed by atoms with van der Waals surface area (Å²) in [5.41, 5.74) is 0.569. The number of carbonyl (C=O) groups is 1. The van der Waals surface area contributed by atoms with Crippen molar-refractivity contribution in [2.75, 3.05) is 39.6 Å². The number of hydrogen-bond donors (Lipinski definition) is 1. The van der Waals surface area contributed by atoms with E-state index >= 15 is 0 Å². The Balaban J connectivity index is 2.21. The molecule has 1 aliphatic heterocycles. The number of piperidine rings is 1. The van der Waals surface area contributed by atoms with Crippen LogP contribution in [0.5, 0.6) is 5.75 Å². The molecule has 1 amide bonds. The zero-order valence-electron chi connectivity index (χ0n) is 15.3. The Morgan fingerprint density at radius 1 is 1.24 bits per heavy atom. The molecule has 7 nitrogen and oxygen atoms in total. The highest BCUT2D eigenvalue weighted by molar-refractivity contribution is 7.89. The molecule has 25 heavy (non-hydrogen) atoms. The number of amides is 1. The first-order chi connectivity index (χ1) is 11.8. The second kappa shape index (κ2) is 8.05. The molecule has 1 saturated heterocycles. The Hall–Kier alpha value is -1.80. The number of carbonyl (C=O) groups excluding carboxylic acids is 1. The van der Waals surface area contributed by atoms with Gasteiger partial charge in [-0.15, -0.1) is 0 Å². The molecule has 1 atom stereocenters. The predicted octanol–water partition coefficient (Wildman–Crippen LogP) is 1.76. The van der Waals surface area contributed by atoms with E-state index in [9.17, 15) is 13.2 Å². The van der Waals surface area contributed by atoms with Gasteiger partial charge in [0.2, 0.25) is 15.9 Å². The standard InChI is InChI=1S/C17H27N3O4S/c1-13(17(21)20-10-6-5-7-11-20)18-14-8-9-15(24-4)16(12-14)25(22,23)19(2)3/h8-9,12-13,18H,5-7,10-11H2,1-4H3. The van der Waals surface area contributed by atoms with Gasteiger partial charge >= 0.3 is 0 Å². The smallest absolute Gasteiger partial charge is 0.246 e. The van der Waals surface area contributed by atoms with E-state index < -0.39 is 16.1 Å². The van der Waals surface area contributed by atoms with Crippen molar-refractivity contribution in [1.29, 1.82) is 0 Å². The number of benzene rings is 1. The molecular formula is C17H27N3O4S. The van der Waals surface area contributed by atoms with Gasteiger partial charge in [0.15, 0.2) is 0 Å². The Bertz CT molecular complexity index is 713. The number of sulfonamides is 1. The maximum Gasteiger partial charge on any atom is 0.246 e. The lowest BCUT2D eigenvalue weighted by molar-refractivity contribution is -0.132. The van der Waals surface area contributed by atoms with Gasteiger partial charge in [0.05, 0.1) is 7.11 Å². The molecular weight excluding hydrogens is 342 g/mol. The summed E-state index contributed by atoms with van der Waals surface area (Å²) in [6.07, 6.45) is 3.23. The first-order valence-electron chi connectivity index (χ1n) is 8.43. The highest BCUT2D eigenvalue weighted by Gasteiger charge is 2.25. The van der Waals surface area contributed by atoms with E-state index in [0.717, 1.165) is 36.7 Å². The zero-order valence-corrected chi connectivity index (χ0v) is 16.1. The van der Waals surface area contributed by atoms with E-state index in [1.165, 1.54) is 27.3 Å². The van der Waals surface area contributed by atoms with Crippen molar-refractivity contribution in [1.82, 2.24) is 9.21 Å². The van der Waals surface area contributed by atoms with Crippen molar-refractivity contribution >= 4 is 21.6 Å². The Kier molecular flexibility index (Phi) is 6.29. The second-order valence-corrected chi connectivity index (χ2v) is 8.53. The second-order valence-electron chi connectivity index (χ2n) is 6.41. The molecule has 1 unspecified atom stereocenters. The summed E-state index contributed by atoms with van der Waals surface area (Å²) < 4.78 is 31.3. The molecule has 1 fully saturated rings. The van der Waals surface area contributed by atoms with E-state index in [4.69, 9.17) is 4.74 Å². The molecule has 0 saturated carbocycles. The quantitative estimate of drug-likeness (QED) is 0.827. The van der Waals surface area contributed by atoms with Crippen molar-refractivity contribution in [3.05, 3.63) is 18.2 Å². The summed E-state index contributed by atoms with van der Waals surface area (Å²) in [7, 11) is 0.724. The largest absolute Gasteiger partial charge is 0.495 e. The third-order valence-electron chi connectivity index (χ3n) is 4.34. The van der Waals surface area contributed by atoms with E-state index in [2.05, 4.69) is 5.32 Å². The average Bonchev–Trinajstić information content (AvgIpc) is 2.61. The number of nitrogens with one attached hydrogen (secondary N) is 1. The molecule has 0 aromatic heterocycles. The highest BCUT2D eigenvalue weighted by Crippen LogP contribution is 2.29. The molecule has 1 N–H and O–H groups in total. The van der Waals surface area contributed by atoms with Gasteiger partial charge in [-0.25, -0.2) is 12.7 Å². The number of methoxy groups -OCH3 is 1. The van der Waals surface area contributed by atoms with Crippen LogP contribution in [0.15, 0.2) is 23.1 Å². The summed E-state index contributed by atoms with van der Waals surface area (Å²) in [6, 6.07) is 4.39. The summed E-state index contributed by atoms with van der Waals surface area (Å²) in [5.74, 6) is 0.307. The van der Waals surface area contributed by atoms with Crippen LogP contribution in [0.3, 0.4) is 0 Å². The fourth-order valence-electron chi connectivity index (χ4n) is 2.86.